The molecule has 7 heteroatoms. The lowest BCUT2D eigenvalue weighted by molar-refractivity contribution is -0.129. The van der Waals surface area contributed by atoms with E-state index in [1.165, 1.54) is 0 Å². The Morgan fingerprint density at radius 2 is 2.11 bits per heavy atom. The number of carbonyl (C=O) groups is 1. The molecule has 0 aromatic carbocycles. The predicted molar refractivity (Wildman–Crippen MR) is 77.2 cm³/mol. The normalized spacial score (nSPS) is 12.0. The van der Waals surface area contributed by atoms with Gasteiger partial charge in [0.25, 0.3) is 0 Å². The number of nitrogens with zero attached hydrogens (tertiary/aromatic N) is 2. The van der Waals surface area contributed by atoms with Crippen LogP contribution in [0.4, 0.5) is 0 Å². The lowest BCUT2D eigenvalue weighted by Gasteiger charge is -2.24. The molecule has 0 aliphatic carbocycles. The number of hydrogen-bond acceptors (Lipinski definition) is 3. The van der Waals surface area contributed by atoms with E-state index in [1.54, 1.807) is 10.9 Å². The number of aromatic nitrogens is 2. The van der Waals surface area contributed by atoms with Crippen LogP contribution < -0.4 is 11.1 Å². The molecule has 1 atom stereocenters. The van der Waals surface area contributed by atoms with Crippen LogP contribution in [0.3, 0.4) is 0 Å². The third-order valence-electron chi connectivity index (χ3n) is 2.52. The largest absolute Gasteiger partial charge is 0.351 e. The summed E-state index contributed by atoms with van der Waals surface area (Å²) < 4.78 is 1.79. The zero-order chi connectivity index (χ0) is 12.2. The molecular weight excluding hydrogens is 275 g/mol. The molecule has 0 spiro atoms. The Bertz CT molecular complexity index is 341. The summed E-state index contributed by atoms with van der Waals surface area (Å²) in [6, 6.07) is 1.90. The fourth-order valence-electron chi connectivity index (χ4n) is 1.25. The van der Waals surface area contributed by atoms with Crippen LogP contribution in [0.25, 0.3) is 0 Å². The van der Waals surface area contributed by atoms with Gasteiger partial charge in [0.2, 0.25) is 5.91 Å². The maximum atomic E-state index is 11.8. The Labute approximate surface area is 120 Å². The minimum absolute atomic E-state index is 0. The minimum atomic E-state index is -0.515. The molecular formula is C11H22Cl2N4O. The summed E-state index contributed by atoms with van der Waals surface area (Å²) in [6.07, 6.45) is 3.59. The van der Waals surface area contributed by atoms with Crippen molar-refractivity contribution < 1.29 is 4.79 Å². The summed E-state index contributed by atoms with van der Waals surface area (Å²) >= 11 is 0. The van der Waals surface area contributed by atoms with Crippen LogP contribution in [0.1, 0.15) is 20.8 Å². The molecule has 1 rings (SSSR count). The monoisotopic (exact) mass is 296 g/mol. The van der Waals surface area contributed by atoms with Gasteiger partial charge < -0.3 is 11.1 Å². The summed E-state index contributed by atoms with van der Waals surface area (Å²) in [5.41, 5.74) is 5.03. The first-order valence-electron chi connectivity index (χ1n) is 5.44. The second-order valence-electron chi connectivity index (χ2n) is 4.69. The van der Waals surface area contributed by atoms with Crippen molar-refractivity contribution in [1.82, 2.24) is 15.1 Å². The van der Waals surface area contributed by atoms with Gasteiger partial charge in [-0.25, -0.2) is 0 Å². The molecule has 0 aliphatic rings. The Kier molecular flexibility index (Phi) is 9.07. The fourth-order valence-corrected chi connectivity index (χ4v) is 1.25. The van der Waals surface area contributed by atoms with Crippen molar-refractivity contribution in [3.05, 3.63) is 18.5 Å². The van der Waals surface area contributed by atoms with Gasteiger partial charge in [-0.3, -0.25) is 9.48 Å². The first kappa shape index (κ1) is 19.6. The van der Waals surface area contributed by atoms with Crippen molar-refractivity contribution >= 4 is 30.7 Å². The average molecular weight is 297 g/mol. The van der Waals surface area contributed by atoms with E-state index < -0.39 is 5.41 Å². The number of rotatable bonds is 5. The molecule has 0 fully saturated rings. The van der Waals surface area contributed by atoms with Crippen molar-refractivity contribution in [2.45, 2.75) is 33.4 Å². The molecule has 5 nitrogen and oxygen atoms in total. The number of carbonyl (C=O) groups excluding carboxylic acids is 1. The lowest BCUT2D eigenvalue weighted by atomic mass is 9.92. The van der Waals surface area contributed by atoms with E-state index in [-0.39, 0.29) is 36.8 Å². The van der Waals surface area contributed by atoms with E-state index in [4.69, 9.17) is 5.73 Å². The summed E-state index contributed by atoms with van der Waals surface area (Å²) in [4.78, 5) is 11.8. The van der Waals surface area contributed by atoms with Crippen LogP contribution in [0, 0.1) is 5.41 Å². The minimum Gasteiger partial charge on any atom is -0.351 e. The summed E-state index contributed by atoms with van der Waals surface area (Å²) in [6.45, 7) is 6.63. The van der Waals surface area contributed by atoms with Crippen LogP contribution in [-0.4, -0.2) is 28.3 Å². The summed E-state index contributed by atoms with van der Waals surface area (Å²) in [7, 11) is 0. The summed E-state index contributed by atoms with van der Waals surface area (Å²) in [5, 5.41) is 7.02. The van der Waals surface area contributed by atoms with Crippen LogP contribution in [0.2, 0.25) is 0 Å². The number of halogens is 2. The number of hydrogen-bond donors (Lipinski definition) is 2. The molecule has 0 radical (unpaired) electrons. The van der Waals surface area contributed by atoms with Crippen LogP contribution >= 0.6 is 24.8 Å². The molecule has 1 aromatic heterocycles. The highest BCUT2D eigenvalue weighted by molar-refractivity contribution is 5.85. The number of nitrogens with one attached hydrogen (secondary N) is 1. The molecule has 1 amide bonds. The third-order valence-corrected chi connectivity index (χ3v) is 2.52. The van der Waals surface area contributed by atoms with E-state index >= 15 is 0 Å². The van der Waals surface area contributed by atoms with Crippen LogP contribution in [0.15, 0.2) is 18.5 Å². The zero-order valence-electron chi connectivity index (χ0n) is 10.9. The molecule has 3 N–H and O–H groups in total. The van der Waals surface area contributed by atoms with Gasteiger partial charge in [0.05, 0.1) is 12.0 Å². The molecule has 0 aliphatic heterocycles. The van der Waals surface area contributed by atoms with Crippen molar-refractivity contribution in [1.29, 1.82) is 0 Å². The average Bonchev–Trinajstić information content (AvgIpc) is 2.70. The second kappa shape index (κ2) is 8.34. The van der Waals surface area contributed by atoms with E-state index in [0.29, 0.717) is 13.1 Å². The quantitative estimate of drug-likeness (QED) is 0.858. The van der Waals surface area contributed by atoms with Gasteiger partial charge in [0.15, 0.2) is 0 Å². The molecule has 0 bridgehead atoms. The van der Waals surface area contributed by atoms with Crippen LogP contribution in [0.5, 0.6) is 0 Å². The smallest absolute Gasteiger partial charge is 0.227 e. The van der Waals surface area contributed by atoms with Crippen molar-refractivity contribution in [2.24, 2.45) is 11.1 Å². The van der Waals surface area contributed by atoms with Gasteiger partial charge in [-0.1, -0.05) is 0 Å². The van der Waals surface area contributed by atoms with Crippen molar-refractivity contribution in [2.75, 3.05) is 6.54 Å². The maximum Gasteiger partial charge on any atom is 0.227 e. The third kappa shape index (κ3) is 5.71. The number of amides is 1. The van der Waals surface area contributed by atoms with E-state index in [1.807, 2.05) is 33.0 Å². The van der Waals surface area contributed by atoms with E-state index in [0.717, 1.165) is 0 Å². The zero-order valence-corrected chi connectivity index (χ0v) is 12.6. The SMILES string of the molecule is CC(Cn1cccn1)NC(=O)C(C)(C)CN.Cl.Cl. The van der Waals surface area contributed by atoms with Crippen molar-refractivity contribution in [3.63, 3.8) is 0 Å². The molecule has 1 heterocycles. The predicted octanol–water partition coefficient (Wildman–Crippen LogP) is 1.22. The maximum absolute atomic E-state index is 11.8. The van der Waals surface area contributed by atoms with Gasteiger partial charge in [-0.2, -0.15) is 5.10 Å². The molecule has 1 unspecified atom stereocenters. The van der Waals surface area contributed by atoms with Gasteiger partial charge in [-0.05, 0) is 26.8 Å². The molecule has 106 valence electrons. The number of nitrogens with two attached hydrogens (primary N) is 1. The molecule has 1 aromatic rings. The Hall–Kier alpha value is -0.780. The first-order valence-corrected chi connectivity index (χ1v) is 5.44. The van der Waals surface area contributed by atoms with E-state index in [2.05, 4.69) is 10.4 Å². The molecule has 18 heavy (non-hydrogen) atoms. The van der Waals surface area contributed by atoms with Gasteiger partial charge in [0.1, 0.15) is 0 Å². The molecule has 0 saturated carbocycles. The standard InChI is InChI=1S/C11H20N4O.2ClH/c1-9(7-15-6-4-5-13-15)14-10(16)11(2,3)8-12;;/h4-6,9H,7-8,12H2,1-3H3,(H,14,16);2*1H. The van der Waals surface area contributed by atoms with Crippen LogP contribution in [-0.2, 0) is 11.3 Å². The topological polar surface area (TPSA) is 72.9 Å². The fraction of sp³-hybridized carbons (Fsp3) is 0.636. The first-order chi connectivity index (χ1) is 7.45. The molecule has 0 saturated heterocycles. The van der Waals surface area contributed by atoms with Gasteiger partial charge >= 0.3 is 0 Å². The highest BCUT2D eigenvalue weighted by Crippen LogP contribution is 2.12. The lowest BCUT2D eigenvalue weighted by Crippen LogP contribution is -2.46. The Balaban J connectivity index is 0. The highest BCUT2D eigenvalue weighted by atomic mass is 35.5. The van der Waals surface area contributed by atoms with E-state index in [9.17, 15) is 4.79 Å². The van der Waals surface area contributed by atoms with Crippen molar-refractivity contribution in [3.8, 4) is 0 Å². The van der Waals surface area contributed by atoms with Gasteiger partial charge in [-0.15, -0.1) is 24.8 Å². The Morgan fingerprint density at radius 1 is 1.50 bits per heavy atom. The highest BCUT2D eigenvalue weighted by Gasteiger charge is 2.26. The Morgan fingerprint density at radius 3 is 2.56 bits per heavy atom. The second-order valence-corrected chi connectivity index (χ2v) is 4.69. The van der Waals surface area contributed by atoms with Gasteiger partial charge in [0, 0.05) is 25.0 Å². The summed E-state index contributed by atoms with van der Waals surface area (Å²) in [5.74, 6) is -0.0188.